The van der Waals surface area contributed by atoms with Crippen molar-refractivity contribution in [3.8, 4) is 11.5 Å². The first-order valence-corrected chi connectivity index (χ1v) is 4.71. The van der Waals surface area contributed by atoms with Crippen LogP contribution in [-0.4, -0.2) is 0 Å². The molecule has 1 radical (unpaired) electrons. The Labute approximate surface area is 92.3 Å². The summed E-state index contributed by atoms with van der Waals surface area (Å²) in [7, 11) is 0. The van der Waals surface area contributed by atoms with E-state index in [0.717, 1.165) is 0 Å². The minimum atomic E-state index is -0.461. The molecule has 2 aromatic rings. The Balaban J connectivity index is 2.28. The van der Waals surface area contributed by atoms with Crippen molar-refractivity contribution in [2.45, 2.75) is 0 Å². The third-order valence-corrected chi connectivity index (χ3v) is 2.08. The second-order valence-corrected chi connectivity index (χ2v) is 3.29. The minimum absolute atomic E-state index is 0.105. The van der Waals surface area contributed by atoms with Gasteiger partial charge in [-0.3, -0.25) is 0 Å². The molecule has 0 unspecified atom stereocenters. The molecule has 0 aliphatic rings. The summed E-state index contributed by atoms with van der Waals surface area (Å²) in [5.74, 6) is -0.414. The van der Waals surface area contributed by atoms with Crippen molar-refractivity contribution in [2.75, 3.05) is 0 Å². The van der Waals surface area contributed by atoms with Gasteiger partial charge in [0.15, 0.2) is 11.6 Å². The highest BCUT2D eigenvalue weighted by atomic mass is 19.1. The zero-order valence-corrected chi connectivity index (χ0v) is 8.41. The Morgan fingerprint density at radius 1 is 0.938 bits per heavy atom. The Hall–Kier alpha value is -1.90. The van der Waals surface area contributed by atoms with Crippen molar-refractivity contribution in [1.82, 2.24) is 0 Å². The predicted molar refractivity (Wildman–Crippen MR) is 57.3 cm³/mol. The lowest BCUT2D eigenvalue weighted by molar-refractivity contribution is 0.441. The molecule has 1 nitrogen and oxygen atoms in total. The van der Waals surface area contributed by atoms with Crippen LogP contribution >= 0.6 is 0 Å². The van der Waals surface area contributed by atoms with Crippen LogP contribution < -0.4 is 4.74 Å². The van der Waals surface area contributed by atoms with Gasteiger partial charge in [0, 0.05) is 0 Å². The van der Waals surface area contributed by atoms with Gasteiger partial charge in [-0.05, 0) is 42.8 Å². The number of halogens is 2. The van der Waals surface area contributed by atoms with Gasteiger partial charge in [-0.2, -0.15) is 0 Å². The van der Waals surface area contributed by atoms with Crippen molar-refractivity contribution in [2.24, 2.45) is 0 Å². The van der Waals surface area contributed by atoms with Crippen LogP contribution in [0.4, 0.5) is 8.78 Å². The maximum Gasteiger partial charge on any atom is 0.165 e. The molecule has 0 N–H and O–H groups in total. The molecule has 0 saturated heterocycles. The summed E-state index contributed by atoms with van der Waals surface area (Å²) < 4.78 is 31.4. The van der Waals surface area contributed by atoms with E-state index < -0.39 is 11.6 Å². The third kappa shape index (κ3) is 2.19. The quantitative estimate of drug-likeness (QED) is 0.743. The maximum absolute atomic E-state index is 13.2. The summed E-state index contributed by atoms with van der Waals surface area (Å²) in [6.07, 6.45) is 0. The summed E-state index contributed by atoms with van der Waals surface area (Å²) in [4.78, 5) is 0. The fourth-order valence-electron chi connectivity index (χ4n) is 1.27. The van der Waals surface area contributed by atoms with Crippen LogP contribution in [0.25, 0.3) is 0 Å². The van der Waals surface area contributed by atoms with Crippen LogP contribution in [-0.2, 0) is 0 Å². The van der Waals surface area contributed by atoms with E-state index in [4.69, 9.17) is 4.74 Å². The topological polar surface area (TPSA) is 9.23 Å². The number of para-hydroxylation sites is 1. The number of rotatable bonds is 2. The molecule has 0 saturated carbocycles. The molecule has 3 heteroatoms. The number of ether oxygens (including phenoxy) is 1. The van der Waals surface area contributed by atoms with E-state index in [1.54, 1.807) is 12.1 Å². The number of hydrogen-bond acceptors (Lipinski definition) is 1. The van der Waals surface area contributed by atoms with Crippen molar-refractivity contribution >= 4 is 0 Å². The van der Waals surface area contributed by atoms with Gasteiger partial charge in [-0.1, -0.05) is 12.1 Å². The first-order valence-electron chi connectivity index (χ1n) is 4.71. The lowest BCUT2D eigenvalue weighted by atomic mass is 10.2. The Morgan fingerprint density at radius 2 is 1.69 bits per heavy atom. The monoisotopic (exact) mass is 219 g/mol. The highest BCUT2D eigenvalue weighted by Gasteiger charge is 2.04. The van der Waals surface area contributed by atoms with Gasteiger partial charge >= 0.3 is 0 Å². The molecule has 0 amide bonds. The van der Waals surface area contributed by atoms with E-state index in [1.165, 1.54) is 30.3 Å². The molecule has 0 aromatic heterocycles. The Morgan fingerprint density at radius 3 is 2.38 bits per heavy atom. The van der Waals surface area contributed by atoms with Gasteiger partial charge < -0.3 is 4.74 Å². The van der Waals surface area contributed by atoms with E-state index in [0.29, 0.717) is 5.75 Å². The van der Waals surface area contributed by atoms with Crippen molar-refractivity contribution in [3.05, 3.63) is 66.6 Å². The number of hydrogen-bond donors (Lipinski definition) is 0. The van der Waals surface area contributed by atoms with Crippen LogP contribution in [0.5, 0.6) is 11.5 Å². The average Bonchev–Trinajstić information content (AvgIpc) is 2.27. The molecule has 2 aromatic carbocycles. The van der Waals surface area contributed by atoms with Crippen LogP contribution in [0.2, 0.25) is 0 Å². The summed E-state index contributed by atoms with van der Waals surface area (Å²) in [6, 6.07) is 10.1. The molecule has 0 spiro atoms. The summed E-state index contributed by atoms with van der Waals surface area (Å²) in [5.41, 5.74) is 0.217. The zero-order chi connectivity index (χ0) is 11.5. The van der Waals surface area contributed by atoms with Gasteiger partial charge in [0.05, 0.1) is 0 Å². The van der Waals surface area contributed by atoms with Crippen LogP contribution in [0.1, 0.15) is 5.56 Å². The molecule has 2 rings (SSSR count). The number of benzene rings is 2. The lowest BCUT2D eigenvalue weighted by Gasteiger charge is -2.07. The molecule has 0 heterocycles. The Kier molecular flexibility index (Phi) is 2.86. The molecule has 0 bridgehead atoms. The smallest absolute Gasteiger partial charge is 0.165 e. The lowest BCUT2D eigenvalue weighted by Crippen LogP contribution is -1.89. The highest BCUT2D eigenvalue weighted by molar-refractivity contribution is 5.36. The molecule has 16 heavy (non-hydrogen) atoms. The van der Waals surface area contributed by atoms with E-state index in [2.05, 4.69) is 6.92 Å². The SMILES string of the molecule is [CH2]c1cc(Oc2ccccc2F)ccc1F. The maximum atomic E-state index is 13.2. The van der Waals surface area contributed by atoms with Crippen LogP contribution in [0.15, 0.2) is 42.5 Å². The van der Waals surface area contributed by atoms with Gasteiger partial charge in [0.2, 0.25) is 0 Å². The predicted octanol–water partition coefficient (Wildman–Crippen LogP) is 3.94. The van der Waals surface area contributed by atoms with E-state index in [9.17, 15) is 8.78 Å². The molecule has 0 fully saturated rings. The standard InChI is InChI=1S/C13H9F2O/c1-9-8-10(6-7-11(9)14)16-13-5-3-2-4-12(13)15/h2-8H,1H2. The molecule has 81 valence electrons. The fourth-order valence-corrected chi connectivity index (χ4v) is 1.27. The van der Waals surface area contributed by atoms with Crippen molar-refractivity contribution < 1.29 is 13.5 Å². The molecule has 0 aliphatic carbocycles. The van der Waals surface area contributed by atoms with Crippen LogP contribution in [0.3, 0.4) is 0 Å². The molecular formula is C13H9F2O. The second kappa shape index (κ2) is 4.31. The van der Waals surface area contributed by atoms with E-state index in [-0.39, 0.29) is 11.3 Å². The van der Waals surface area contributed by atoms with Gasteiger partial charge in [-0.15, -0.1) is 0 Å². The first-order chi connectivity index (χ1) is 7.66. The van der Waals surface area contributed by atoms with Crippen molar-refractivity contribution in [3.63, 3.8) is 0 Å². The van der Waals surface area contributed by atoms with Gasteiger partial charge in [-0.25, -0.2) is 8.78 Å². The van der Waals surface area contributed by atoms with E-state index in [1.807, 2.05) is 0 Å². The normalized spacial score (nSPS) is 10.2. The molecular weight excluding hydrogens is 210 g/mol. The Bertz CT molecular complexity index is 509. The van der Waals surface area contributed by atoms with Crippen LogP contribution in [0, 0.1) is 18.6 Å². The van der Waals surface area contributed by atoms with Gasteiger partial charge in [0.25, 0.3) is 0 Å². The average molecular weight is 219 g/mol. The first kappa shape index (κ1) is 10.6. The summed E-state index contributed by atoms with van der Waals surface area (Å²) in [6.45, 7) is 3.50. The second-order valence-electron chi connectivity index (χ2n) is 3.29. The largest absolute Gasteiger partial charge is 0.454 e. The van der Waals surface area contributed by atoms with Crippen molar-refractivity contribution in [1.29, 1.82) is 0 Å². The zero-order valence-electron chi connectivity index (χ0n) is 8.41. The summed E-state index contributed by atoms with van der Waals surface area (Å²) in [5, 5.41) is 0. The molecule has 0 aliphatic heterocycles. The summed E-state index contributed by atoms with van der Waals surface area (Å²) >= 11 is 0. The minimum Gasteiger partial charge on any atom is -0.454 e. The van der Waals surface area contributed by atoms with E-state index >= 15 is 0 Å². The fraction of sp³-hybridized carbons (Fsp3) is 0. The third-order valence-electron chi connectivity index (χ3n) is 2.08. The van der Waals surface area contributed by atoms with Gasteiger partial charge in [0.1, 0.15) is 11.6 Å². The molecule has 0 atom stereocenters. The highest BCUT2D eigenvalue weighted by Crippen LogP contribution is 2.25.